The highest BCUT2D eigenvalue weighted by atomic mass is 16.4. The molecule has 4 aromatic carbocycles. The summed E-state index contributed by atoms with van der Waals surface area (Å²) in [5.41, 5.74) is -5.03. The maximum absolute atomic E-state index is 12.0. The van der Waals surface area contributed by atoms with Crippen LogP contribution in [-0.2, 0) is 42.3 Å². The van der Waals surface area contributed by atoms with E-state index in [1.807, 2.05) is 0 Å². The van der Waals surface area contributed by atoms with Gasteiger partial charge in [-0.25, -0.2) is 38.7 Å². The van der Waals surface area contributed by atoms with Gasteiger partial charge in [0.15, 0.2) is 67.7 Å². The monoisotopic (exact) mass is 1030 g/mol. The summed E-state index contributed by atoms with van der Waals surface area (Å²) in [7, 11) is 9.55. The van der Waals surface area contributed by atoms with Crippen LogP contribution in [0.15, 0.2) is 92.9 Å². The van der Waals surface area contributed by atoms with Crippen molar-refractivity contribution < 1.29 is 69.5 Å². The number of aromatic hydroxyl groups is 8. The van der Waals surface area contributed by atoms with E-state index in [1.54, 1.807) is 37.3 Å². The van der Waals surface area contributed by atoms with Crippen LogP contribution in [0.3, 0.4) is 0 Å². The summed E-state index contributed by atoms with van der Waals surface area (Å²) in [6, 6.07) is 3.86. The second-order valence-electron chi connectivity index (χ2n) is 16.0. The number of aryl methyl sites for hydroxylation is 4. The molecule has 0 bridgehead atoms. The Morgan fingerprint density at radius 1 is 0.378 bits per heavy atom. The Balaban J connectivity index is 0.000000146. The standard InChI is InChI=1S/2C14H6O8.2C8H10N4O2.2H2O/c2*15-5-1-3-7-8-4(14(20)22-11(7)9(5)17)2-6(16)10(18)12(8)21-13(3)19;2*1-10-4-9-6-5(10)7(13)12(3)8(14)11(6)2;;/h2*1-2,15-18H;2*4H,1-3H3;2*1H2. The smallest absolute Gasteiger partial charge is 0.344 e. The van der Waals surface area contributed by atoms with Crippen LogP contribution in [0.25, 0.3) is 87.7 Å². The van der Waals surface area contributed by atoms with Gasteiger partial charge < -0.3 is 78.6 Å². The lowest BCUT2D eigenvalue weighted by atomic mass is 10.0. The van der Waals surface area contributed by atoms with Gasteiger partial charge in [0.05, 0.1) is 34.2 Å². The van der Waals surface area contributed by atoms with Crippen molar-refractivity contribution in [3.63, 3.8) is 0 Å². The summed E-state index contributed by atoms with van der Waals surface area (Å²) in [6.45, 7) is 0. The lowest BCUT2D eigenvalue weighted by Crippen LogP contribution is -2.37. The van der Waals surface area contributed by atoms with Crippen LogP contribution in [0.2, 0.25) is 0 Å². The maximum Gasteiger partial charge on any atom is 0.344 e. The van der Waals surface area contributed by atoms with Gasteiger partial charge >= 0.3 is 33.9 Å². The minimum absolute atomic E-state index is 0. The van der Waals surface area contributed by atoms with Gasteiger partial charge in [0.1, 0.15) is 0 Å². The summed E-state index contributed by atoms with van der Waals surface area (Å²) < 4.78 is 27.8. The molecular formula is C44H36N8O22. The minimum atomic E-state index is -0.941. The third kappa shape index (κ3) is 7.28. The van der Waals surface area contributed by atoms with E-state index >= 15 is 0 Å². The fraction of sp³-hybridized carbons (Fsp3) is 0.136. The fourth-order valence-electron chi connectivity index (χ4n) is 8.10. The largest absolute Gasteiger partial charge is 0.504 e. The molecule has 0 amide bonds. The summed E-state index contributed by atoms with van der Waals surface area (Å²) in [4.78, 5) is 102. The number of phenols is 8. The first-order chi connectivity index (χ1) is 33.9. The van der Waals surface area contributed by atoms with Crippen molar-refractivity contribution in [1.82, 2.24) is 37.4 Å². The molecule has 384 valence electrons. The highest BCUT2D eigenvalue weighted by Crippen LogP contribution is 2.46. The van der Waals surface area contributed by atoms with Crippen LogP contribution >= 0.6 is 0 Å². The lowest BCUT2D eigenvalue weighted by molar-refractivity contribution is 0.395. The Labute approximate surface area is 402 Å². The van der Waals surface area contributed by atoms with Gasteiger partial charge in [-0.05, 0) is 24.3 Å². The zero-order chi connectivity index (χ0) is 52.4. The maximum atomic E-state index is 12.0. The molecule has 0 radical (unpaired) electrons. The van der Waals surface area contributed by atoms with Crippen molar-refractivity contribution in [1.29, 1.82) is 0 Å². The number of hydrogen-bond donors (Lipinski definition) is 8. The topological polar surface area (TPSA) is 469 Å². The van der Waals surface area contributed by atoms with Gasteiger partial charge in [0, 0.05) is 63.8 Å². The summed E-state index contributed by atoms with van der Waals surface area (Å²) in [5.74, 6) is -5.50. The van der Waals surface area contributed by atoms with Crippen molar-refractivity contribution in [2.24, 2.45) is 42.3 Å². The van der Waals surface area contributed by atoms with E-state index in [2.05, 4.69) is 9.97 Å². The van der Waals surface area contributed by atoms with Crippen LogP contribution in [0.1, 0.15) is 0 Å². The predicted octanol–water partition coefficient (Wildman–Crippen LogP) is -1.08. The summed E-state index contributed by atoms with van der Waals surface area (Å²) >= 11 is 0. The number of imidazole rings is 2. The first-order valence-electron chi connectivity index (χ1n) is 20.3. The molecule has 0 aliphatic rings. The number of hydrogen-bond acceptors (Lipinski definition) is 22. The second-order valence-corrected chi connectivity index (χ2v) is 16.0. The van der Waals surface area contributed by atoms with Crippen LogP contribution in [-0.4, -0.2) is 89.2 Å². The van der Waals surface area contributed by atoms with Crippen LogP contribution in [0.5, 0.6) is 46.0 Å². The van der Waals surface area contributed by atoms with E-state index in [4.69, 9.17) is 17.7 Å². The average Bonchev–Trinajstić information content (AvgIpc) is 3.94. The number of rotatable bonds is 0. The molecule has 30 nitrogen and oxygen atoms in total. The van der Waals surface area contributed by atoms with Gasteiger partial charge in [-0.2, -0.15) is 0 Å². The fourth-order valence-corrected chi connectivity index (χ4v) is 8.10. The van der Waals surface area contributed by atoms with E-state index in [-0.39, 0.29) is 76.5 Å². The SMILES string of the molecule is Cn1c(=O)c2c(ncn2C)n(C)c1=O.Cn1c(=O)c2c(ncn2C)n(C)c1=O.O.O.O=c1oc2c(O)c(O)cc3c(=O)oc4c(O)c(O)cc1c4c23.O=c1oc2c(O)c(O)cc3c(=O)oc4c(O)c(O)cc1c4c23. The Morgan fingerprint density at radius 2 is 0.608 bits per heavy atom. The third-order valence-corrected chi connectivity index (χ3v) is 11.7. The third-order valence-electron chi connectivity index (χ3n) is 11.7. The molecule has 12 rings (SSSR count). The molecule has 0 spiro atoms. The molecule has 8 heterocycles. The van der Waals surface area contributed by atoms with E-state index in [0.29, 0.717) is 22.3 Å². The normalized spacial score (nSPS) is 11.2. The number of benzene rings is 4. The van der Waals surface area contributed by atoms with E-state index < -0.39 is 90.8 Å². The van der Waals surface area contributed by atoms with Crippen molar-refractivity contribution >= 4 is 87.7 Å². The Morgan fingerprint density at radius 3 is 0.838 bits per heavy atom. The highest BCUT2D eigenvalue weighted by molar-refractivity contribution is 6.23. The molecule has 0 aliphatic carbocycles. The molecule has 12 N–H and O–H groups in total. The van der Waals surface area contributed by atoms with Gasteiger partial charge in [-0.1, -0.05) is 0 Å². The average molecular weight is 1030 g/mol. The zero-order valence-corrected chi connectivity index (χ0v) is 38.5. The molecule has 74 heavy (non-hydrogen) atoms. The highest BCUT2D eigenvalue weighted by Gasteiger charge is 2.27. The van der Waals surface area contributed by atoms with Gasteiger partial charge in [0.25, 0.3) is 11.1 Å². The quantitative estimate of drug-likeness (QED) is 0.0508. The van der Waals surface area contributed by atoms with Gasteiger partial charge in [-0.3, -0.25) is 27.9 Å². The number of phenolic OH excluding ortho intramolecular Hbond substituents is 8. The number of fused-ring (bicyclic) bond motifs is 2. The molecule has 12 aromatic rings. The van der Waals surface area contributed by atoms with Crippen molar-refractivity contribution in [2.75, 3.05) is 0 Å². The molecule has 0 atom stereocenters. The van der Waals surface area contributed by atoms with Crippen molar-refractivity contribution in [3.05, 3.63) is 120 Å². The molecule has 0 aliphatic heterocycles. The van der Waals surface area contributed by atoms with Gasteiger partial charge in [0.2, 0.25) is 23.0 Å². The molecular weight excluding hydrogens is 993 g/mol. The van der Waals surface area contributed by atoms with Crippen LogP contribution in [0, 0.1) is 0 Å². The van der Waals surface area contributed by atoms with Crippen LogP contribution in [0.4, 0.5) is 0 Å². The predicted molar refractivity (Wildman–Crippen MR) is 257 cm³/mol. The van der Waals surface area contributed by atoms with Crippen LogP contribution < -0.4 is 45.0 Å². The molecule has 30 heteroatoms. The summed E-state index contributed by atoms with van der Waals surface area (Å²) in [6.07, 6.45) is 3.04. The first kappa shape index (κ1) is 51.2. The summed E-state index contributed by atoms with van der Waals surface area (Å²) in [5, 5.41) is 77.3. The minimum Gasteiger partial charge on any atom is -0.504 e. The zero-order valence-electron chi connectivity index (χ0n) is 38.5. The number of nitrogens with zero attached hydrogens (tertiary/aromatic N) is 8. The van der Waals surface area contributed by atoms with Gasteiger partial charge in [-0.15, -0.1) is 0 Å². The molecule has 0 saturated heterocycles. The molecule has 0 fully saturated rings. The van der Waals surface area contributed by atoms with E-state index in [1.165, 1.54) is 35.9 Å². The van der Waals surface area contributed by atoms with Crippen molar-refractivity contribution in [2.45, 2.75) is 0 Å². The van der Waals surface area contributed by atoms with Crippen molar-refractivity contribution in [3.8, 4) is 46.0 Å². The Kier molecular flexibility index (Phi) is 12.2. The van der Waals surface area contributed by atoms with E-state index in [0.717, 1.165) is 33.4 Å². The molecule has 0 unspecified atom stereocenters. The number of aromatic nitrogens is 8. The lowest BCUT2D eigenvalue weighted by Gasteiger charge is -2.10. The van der Waals surface area contributed by atoms with E-state index in [9.17, 15) is 79.2 Å². The molecule has 8 aromatic heterocycles. The second kappa shape index (κ2) is 17.7. The Hall–Kier alpha value is -10.6. The molecule has 0 saturated carbocycles. The first-order valence-corrected chi connectivity index (χ1v) is 20.3. The Bertz CT molecular complexity index is 4340.